The first kappa shape index (κ1) is 19.6. The smallest absolute Gasteiger partial charge is 0.0914 e. The fourth-order valence-corrected chi connectivity index (χ4v) is 5.77. The molecule has 2 fully saturated rings. The zero-order valence-electron chi connectivity index (χ0n) is 18.0. The minimum absolute atomic E-state index is 0.296. The predicted molar refractivity (Wildman–Crippen MR) is 112 cm³/mol. The molecule has 152 valence electrons. The lowest BCUT2D eigenvalue weighted by molar-refractivity contribution is 0.0426. The van der Waals surface area contributed by atoms with Crippen LogP contribution in [0.15, 0.2) is 24.3 Å². The normalized spacial score (nSPS) is 24.5. The molecule has 4 rings (SSSR count). The number of ether oxygens (including phenoxy) is 1. The first-order chi connectivity index (χ1) is 13.4. The van der Waals surface area contributed by atoms with Gasteiger partial charge in [0.15, 0.2) is 0 Å². The number of hydrogen-bond acceptors (Lipinski definition) is 4. The first-order valence-electron chi connectivity index (χ1n) is 10.6. The number of likely N-dealkylation sites (tertiary alicyclic amines) is 1. The van der Waals surface area contributed by atoms with E-state index in [2.05, 4.69) is 67.3 Å². The third kappa shape index (κ3) is 3.50. The number of nitrogens with zero attached hydrogens (tertiary/aromatic N) is 4. The third-order valence-electron chi connectivity index (χ3n) is 6.97. The highest BCUT2D eigenvalue weighted by Gasteiger charge is 2.46. The quantitative estimate of drug-likeness (QED) is 0.805. The zero-order valence-corrected chi connectivity index (χ0v) is 18.0. The van der Waals surface area contributed by atoms with Crippen LogP contribution in [0.2, 0.25) is 0 Å². The highest BCUT2D eigenvalue weighted by atomic mass is 16.5. The van der Waals surface area contributed by atoms with E-state index in [9.17, 15) is 0 Å². The number of benzene rings is 1. The van der Waals surface area contributed by atoms with Gasteiger partial charge < -0.3 is 9.64 Å². The lowest BCUT2D eigenvalue weighted by Gasteiger charge is -2.40. The van der Waals surface area contributed by atoms with Gasteiger partial charge in [0.2, 0.25) is 0 Å². The van der Waals surface area contributed by atoms with E-state index in [0.717, 1.165) is 50.5 Å². The molecule has 0 saturated carbocycles. The van der Waals surface area contributed by atoms with Crippen LogP contribution >= 0.6 is 0 Å². The van der Waals surface area contributed by atoms with Crippen LogP contribution in [0.5, 0.6) is 0 Å². The minimum atomic E-state index is 0.296. The molecule has 0 aliphatic carbocycles. The molecule has 0 spiro atoms. The second-order valence-corrected chi connectivity index (χ2v) is 9.50. The Labute approximate surface area is 169 Å². The van der Waals surface area contributed by atoms with Gasteiger partial charge in [-0.25, -0.2) is 4.68 Å². The van der Waals surface area contributed by atoms with Crippen molar-refractivity contribution < 1.29 is 4.74 Å². The van der Waals surface area contributed by atoms with Crippen LogP contribution in [0.25, 0.3) is 11.3 Å². The fourth-order valence-electron chi connectivity index (χ4n) is 5.77. The van der Waals surface area contributed by atoms with Gasteiger partial charge >= 0.3 is 0 Å². The van der Waals surface area contributed by atoms with Crippen molar-refractivity contribution in [2.24, 2.45) is 24.3 Å². The number of hydrogen-bond donors (Lipinski definition) is 0. The van der Waals surface area contributed by atoms with Crippen LogP contribution in [0, 0.1) is 24.2 Å². The second kappa shape index (κ2) is 7.60. The zero-order chi connectivity index (χ0) is 19.9. The lowest BCUT2D eigenvalue weighted by Crippen LogP contribution is -2.35. The van der Waals surface area contributed by atoms with E-state index in [0.29, 0.717) is 23.2 Å². The molecule has 2 saturated heterocycles. The van der Waals surface area contributed by atoms with Crippen molar-refractivity contribution in [2.75, 3.05) is 33.4 Å². The Morgan fingerprint density at radius 3 is 2.46 bits per heavy atom. The van der Waals surface area contributed by atoms with Gasteiger partial charge in [-0.2, -0.15) is 0 Å². The molecule has 1 aromatic heterocycles. The average molecular weight is 383 g/mol. The topological polar surface area (TPSA) is 43.2 Å². The maximum Gasteiger partial charge on any atom is 0.0914 e. The molecule has 2 atom stereocenters. The van der Waals surface area contributed by atoms with Crippen molar-refractivity contribution in [2.45, 2.75) is 39.5 Å². The van der Waals surface area contributed by atoms with Gasteiger partial charge in [0, 0.05) is 38.9 Å². The Kier molecular flexibility index (Phi) is 5.32. The Bertz CT molecular complexity index is 802. The van der Waals surface area contributed by atoms with Crippen LogP contribution < -0.4 is 0 Å². The molecule has 0 amide bonds. The van der Waals surface area contributed by atoms with Crippen LogP contribution in [0.1, 0.15) is 43.9 Å². The van der Waals surface area contributed by atoms with Crippen molar-refractivity contribution in [1.29, 1.82) is 0 Å². The van der Waals surface area contributed by atoms with Crippen molar-refractivity contribution >= 4 is 0 Å². The maximum absolute atomic E-state index is 5.73. The molecule has 3 heterocycles. The number of aromatic nitrogens is 3. The number of rotatable bonds is 4. The lowest BCUT2D eigenvalue weighted by atomic mass is 9.64. The molecule has 28 heavy (non-hydrogen) atoms. The molecule has 2 aliphatic rings. The molecule has 1 unspecified atom stereocenters. The summed E-state index contributed by atoms with van der Waals surface area (Å²) in [5.41, 5.74) is 5.22. The van der Waals surface area contributed by atoms with Crippen molar-refractivity contribution in [1.82, 2.24) is 19.9 Å². The van der Waals surface area contributed by atoms with Crippen LogP contribution in [0.4, 0.5) is 0 Å². The highest BCUT2D eigenvalue weighted by Crippen LogP contribution is 2.50. The van der Waals surface area contributed by atoms with E-state index >= 15 is 0 Å². The Morgan fingerprint density at radius 2 is 1.86 bits per heavy atom. The molecule has 1 aromatic carbocycles. The molecule has 2 aromatic rings. The summed E-state index contributed by atoms with van der Waals surface area (Å²) < 4.78 is 7.66. The summed E-state index contributed by atoms with van der Waals surface area (Å²) in [5, 5.41) is 8.61. The molecule has 5 nitrogen and oxygen atoms in total. The molecular formula is C23H34N4O. The van der Waals surface area contributed by atoms with Crippen LogP contribution in [-0.4, -0.2) is 53.2 Å². The van der Waals surface area contributed by atoms with Gasteiger partial charge in [0.05, 0.1) is 11.4 Å². The molecule has 0 radical (unpaired) electrons. The number of aryl methyl sites for hydroxylation is 2. The molecular weight excluding hydrogens is 348 g/mol. The average Bonchev–Trinajstić information content (AvgIpc) is 3.14. The van der Waals surface area contributed by atoms with E-state index in [1.807, 2.05) is 11.7 Å². The minimum Gasteiger partial charge on any atom is -0.381 e. The van der Waals surface area contributed by atoms with Crippen molar-refractivity contribution in [3.63, 3.8) is 0 Å². The van der Waals surface area contributed by atoms with Crippen LogP contribution in [0.3, 0.4) is 0 Å². The largest absolute Gasteiger partial charge is 0.381 e. The van der Waals surface area contributed by atoms with E-state index in [4.69, 9.17) is 4.74 Å². The third-order valence-corrected chi connectivity index (χ3v) is 6.97. The van der Waals surface area contributed by atoms with Crippen molar-refractivity contribution in [3.8, 4) is 11.3 Å². The predicted octanol–water partition coefficient (Wildman–Crippen LogP) is 3.89. The van der Waals surface area contributed by atoms with Gasteiger partial charge in [0.25, 0.3) is 0 Å². The second-order valence-electron chi connectivity index (χ2n) is 9.50. The monoisotopic (exact) mass is 382 g/mol. The summed E-state index contributed by atoms with van der Waals surface area (Å²) in [4.78, 5) is 2.51. The van der Waals surface area contributed by atoms with Gasteiger partial charge in [-0.3, -0.25) is 0 Å². The summed E-state index contributed by atoms with van der Waals surface area (Å²) >= 11 is 0. The Hall–Kier alpha value is -1.72. The van der Waals surface area contributed by atoms with Gasteiger partial charge in [0.1, 0.15) is 0 Å². The van der Waals surface area contributed by atoms with Crippen LogP contribution in [-0.2, 0) is 11.8 Å². The Morgan fingerprint density at radius 1 is 1.14 bits per heavy atom. The summed E-state index contributed by atoms with van der Waals surface area (Å²) in [6.45, 7) is 11.1. The SMILES string of the molecule is Cc1nnn(C)c1-c1ccccc1C(C1CCOCC1)[C@@H]1CN(C)CC1(C)C. The summed E-state index contributed by atoms with van der Waals surface area (Å²) in [5.74, 6) is 1.81. The van der Waals surface area contributed by atoms with Crippen molar-refractivity contribution in [3.05, 3.63) is 35.5 Å². The van der Waals surface area contributed by atoms with Gasteiger partial charge in [-0.1, -0.05) is 43.3 Å². The van der Waals surface area contributed by atoms with E-state index in [1.54, 1.807) is 0 Å². The fraction of sp³-hybridized carbons (Fsp3) is 0.652. The van der Waals surface area contributed by atoms with E-state index in [-0.39, 0.29) is 0 Å². The first-order valence-corrected chi connectivity index (χ1v) is 10.6. The maximum atomic E-state index is 5.73. The summed E-state index contributed by atoms with van der Waals surface area (Å²) in [7, 11) is 4.27. The standard InChI is InChI=1S/C23H34N4O/c1-16-22(27(5)25-24-16)19-9-7-6-8-18(19)21(17-10-12-28-13-11-17)20-14-26(4)15-23(20,2)3/h6-9,17,20-21H,10-15H2,1-5H3/t20-,21?/m0/s1. The Balaban J connectivity index is 1.84. The van der Waals surface area contributed by atoms with Gasteiger partial charge in [-0.05, 0) is 55.5 Å². The molecule has 0 bridgehead atoms. The molecule has 2 aliphatic heterocycles. The molecule has 5 heteroatoms. The van der Waals surface area contributed by atoms with E-state index < -0.39 is 0 Å². The summed E-state index contributed by atoms with van der Waals surface area (Å²) in [6, 6.07) is 8.98. The summed E-state index contributed by atoms with van der Waals surface area (Å²) in [6.07, 6.45) is 2.30. The van der Waals surface area contributed by atoms with Gasteiger partial charge in [-0.15, -0.1) is 5.10 Å². The van der Waals surface area contributed by atoms with E-state index in [1.165, 1.54) is 11.1 Å². The highest BCUT2D eigenvalue weighted by molar-refractivity contribution is 5.67. The molecule has 0 N–H and O–H groups in total.